The molecule has 6 nitrogen and oxygen atoms in total. The Bertz CT molecular complexity index is 605. The van der Waals surface area contributed by atoms with Crippen LogP contribution in [0.5, 0.6) is 0 Å². The summed E-state index contributed by atoms with van der Waals surface area (Å²) in [6.07, 6.45) is 0.0957. The predicted octanol–water partition coefficient (Wildman–Crippen LogP) is 1.53. The maximum atomic E-state index is 12.1. The van der Waals surface area contributed by atoms with Crippen molar-refractivity contribution in [2.24, 2.45) is 11.8 Å². The van der Waals surface area contributed by atoms with Crippen molar-refractivity contribution in [3.63, 3.8) is 0 Å². The Hall–Kier alpha value is -2.08. The van der Waals surface area contributed by atoms with E-state index in [1.165, 1.54) is 11.8 Å². The standard InChI is InChI=1S/C15H17ClN2O4/c1-9(15(21)22)7-17-14(20)10-6-13(19)18(8-10)12-5-3-2-4-11(12)16/h2-5,9-10H,6-8H2,1H3,(H,17,20)(H,21,22)/t9-,10+/m0/s1. The Morgan fingerprint density at radius 1 is 1.45 bits per heavy atom. The van der Waals surface area contributed by atoms with Gasteiger partial charge in [-0.2, -0.15) is 0 Å². The van der Waals surface area contributed by atoms with Crippen molar-refractivity contribution in [2.75, 3.05) is 18.0 Å². The number of anilines is 1. The third-order valence-electron chi connectivity index (χ3n) is 3.64. The van der Waals surface area contributed by atoms with E-state index in [2.05, 4.69) is 5.32 Å². The Labute approximate surface area is 133 Å². The van der Waals surface area contributed by atoms with Gasteiger partial charge in [-0.05, 0) is 12.1 Å². The summed E-state index contributed by atoms with van der Waals surface area (Å²) < 4.78 is 0. The lowest BCUT2D eigenvalue weighted by Crippen LogP contribution is -2.37. The molecule has 1 fully saturated rings. The average Bonchev–Trinajstić information content (AvgIpc) is 2.86. The van der Waals surface area contributed by atoms with Crippen molar-refractivity contribution >= 4 is 35.1 Å². The fourth-order valence-corrected chi connectivity index (χ4v) is 2.51. The van der Waals surface area contributed by atoms with E-state index in [0.717, 1.165) is 0 Å². The number of nitrogens with one attached hydrogen (secondary N) is 1. The average molecular weight is 325 g/mol. The van der Waals surface area contributed by atoms with Gasteiger partial charge in [-0.3, -0.25) is 14.4 Å². The van der Waals surface area contributed by atoms with Gasteiger partial charge in [-0.15, -0.1) is 0 Å². The van der Waals surface area contributed by atoms with Crippen LogP contribution in [-0.2, 0) is 14.4 Å². The second-order valence-corrected chi connectivity index (χ2v) is 5.75. The van der Waals surface area contributed by atoms with Gasteiger partial charge in [-0.25, -0.2) is 0 Å². The lowest BCUT2D eigenvalue weighted by Gasteiger charge is -2.18. The van der Waals surface area contributed by atoms with E-state index < -0.39 is 17.8 Å². The molecule has 0 aliphatic carbocycles. The molecular formula is C15H17ClN2O4. The zero-order valence-electron chi connectivity index (χ0n) is 12.1. The number of carbonyl (C=O) groups is 3. The number of halogens is 1. The SMILES string of the molecule is C[C@@H](CNC(=O)[C@@H]1CC(=O)N(c2ccccc2Cl)C1)C(=O)O. The molecule has 1 heterocycles. The summed E-state index contributed by atoms with van der Waals surface area (Å²) in [6, 6.07) is 6.96. The molecule has 7 heteroatoms. The molecule has 1 aromatic rings. The molecular weight excluding hydrogens is 308 g/mol. The third-order valence-corrected chi connectivity index (χ3v) is 3.96. The van der Waals surface area contributed by atoms with Crippen molar-refractivity contribution in [3.8, 4) is 0 Å². The summed E-state index contributed by atoms with van der Waals surface area (Å²) in [4.78, 5) is 36.4. The molecule has 0 aromatic heterocycles. The molecule has 1 aliphatic heterocycles. The van der Waals surface area contributed by atoms with Crippen LogP contribution in [-0.4, -0.2) is 36.0 Å². The van der Waals surface area contributed by atoms with Crippen LogP contribution in [0.1, 0.15) is 13.3 Å². The second-order valence-electron chi connectivity index (χ2n) is 5.34. The molecule has 1 saturated heterocycles. The van der Waals surface area contributed by atoms with Gasteiger partial charge in [0.1, 0.15) is 0 Å². The number of carbonyl (C=O) groups excluding carboxylic acids is 2. The Morgan fingerprint density at radius 3 is 2.77 bits per heavy atom. The minimum atomic E-state index is -0.972. The smallest absolute Gasteiger partial charge is 0.308 e. The van der Waals surface area contributed by atoms with Crippen LogP contribution in [0.3, 0.4) is 0 Å². The van der Waals surface area contributed by atoms with E-state index in [1.807, 2.05) is 0 Å². The highest BCUT2D eigenvalue weighted by Crippen LogP contribution is 2.30. The van der Waals surface area contributed by atoms with E-state index >= 15 is 0 Å². The molecule has 2 amide bonds. The summed E-state index contributed by atoms with van der Waals surface area (Å²) in [5.74, 6) is -2.61. The minimum absolute atomic E-state index is 0.0466. The van der Waals surface area contributed by atoms with Crippen LogP contribution in [0.15, 0.2) is 24.3 Å². The highest BCUT2D eigenvalue weighted by Gasteiger charge is 2.35. The van der Waals surface area contributed by atoms with Crippen LogP contribution >= 0.6 is 11.6 Å². The number of amides is 2. The maximum Gasteiger partial charge on any atom is 0.308 e. The van der Waals surface area contributed by atoms with Crippen molar-refractivity contribution in [1.82, 2.24) is 5.32 Å². The van der Waals surface area contributed by atoms with Crippen molar-refractivity contribution in [2.45, 2.75) is 13.3 Å². The summed E-state index contributed by atoms with van der Waals surface area (Å²) in [7, 11) is 0. The number of rotatable bonds is 5. The number of hydrogen-bond acceptors (Lipinski definition) is 3. The van der Waals surface area contributed by atoms with Crippen LogP contribution in [0.25, 0.3) is 0 Å². The first-order valence-electron chi connectivity index (χ1n) is 6.95. The van der Waals surface area contributed by atoms with Crippen LogP contribution < -0.4 is 10.2 Å². The van der Waals surface area contributed by atoms with Crippen LogP contribution in [0.2, 0.25) is 5.02 Å². The molecule has 0 saturated carbocycles. The lowest BCUT2D eigenvalue weighted by molar-refractivity contribution is -0.141. The molecule has 0 bridgehead atoms. The fraction of sp³-hybridized carbons (Fsp3) is 0.400. The van der Waals surface area contributed by atoms with Crippen molar-refractivity contribution in [1.29, 1.82) is 0 Å². The van der Waals surface area contributed by atoms with Gasteiger partial charge in [0.15, 0.2) is 0 Å². The van der Waals surface area contributed by atoms with E-state index in [-0.39, 0.29) is 31.3 Å². The van der Waals surface area contributed by atoms with Crippen LogP contribution in [0, 0.1) is 11.8 Å². The monoisotopic (exact) mass is 324 g/mol. The molecule has 0 spiro atoms. The highest BCUT2D eigenvalue weighted by molar-refractivity contribution is 6.33. The summed E-state index contributed by atoms with van der Waals surface area (Å²) in [6.45, 7) is 1.80. The van der Waals surface area contributed by atoms with Gasteiger partial charge in [0.25, 0.3) is 0 Å². The third kappa shape index (κ3) is 3.57. The number of carboxylic acid groups (broad SMARTS) is 1. The zero-order chi connectivity index (χ0) is 16.3. The largest absolute Gasteiger partial charge is 0.481 e. The molecule has 1 aliphatic rings. The lowest BCUT2D eigenvalue weighted by atomic mass is 10.1. The van der Waals surface area contributed by atoms with Crippen molar-refractivity contribution < 1.29 is 19.5 Å². The van der Waals surface area contributed by atoms with Gasteiger partial charge in [0.05, 0.1) is 22.5 Å². The fourth-order valence-electron chi connectivity index (χ4n) is 2.27. The Morgan fingerprint density at radius 2 is 2.14 bits per heavy atom. The number of para-hydroxylation sites is 1. The van der Waals surface area contributed by atoms with E-state index in [4.69, 9.17) is 16.7 Å². The second kappa shape index (κ2) is 6.79. The van der Waals surface area contributed by atoms with E-state index in [0.29, 0.717) is 10.7 Å². The number of nitrogens with zero attached hydrogens (tertiary/aromatic N) is 1. The predicted molar refractivity (Wildman–Crippen MR) is 81.7 cm³/mol. The summed E-state index contributed by atoms with van der Waals surface area (Å²) in [5, 5.41) is 11.8. The summed E-state index contributed by atoms with van der Waals surface area (Å²) in [5.41, 5.74) is 0.586. The van der Waals surface area contributed by atoms with Gasteiger partial charge < -0.3 is 15.3 Å². The van der Waals surface area contributed by atoms with Gasteiger partial charge in [0.2, 0.25) is 11.8 Å². The van der Waals surface area contributed by atoms with Gasteiger partial charge in [-0.1, -0.05) is 30.7 Å². The molecule has 22 heavy (non-hydrogen) atoms. The van der Waals surface area contributed by atoms with E-state index in [1.54, 1.807) is 24.3 Å². The molecule has 0 unspecified atom stereocenters. The first-order valence-corrected chi connectivity index (χ1v) is 7.33. The first kappa shape index (κ1) is 16.3. The molecule has 2 atom stereocenters. The quantitative estimate of drug-likeness (QED) is 0.860. The van der Waals surface area contributed by atoms with Crippen LogP contribution in [0.4, 0.5) is 5.69 Å². The Kier molecular flexibility index (Phi) is 5.03. The normalized spacial score (nSPS) is 19.1. The summed E-state index contributed by atoms with van der Waals surface area (Å²) >= 11 is 6.07. The maximum absolute atomic E-state index is 12.1. The zero-order valence-corrected chi connectivity index (χ0v) is 12.8. The van der Waals surface area contributed by atoms with E-state index in [9.17, 15) is 14.4 Å². The number of aliphatic carboxylic acids is 1. The highest BCUT2D eigenvalue weighted by atomic mass is 35.5. The Balaban J connectivity index is 1.99. The molecule has 2 N–H and O–H groups in total. The molecule has 2 rings (SSSR count). The number of carboxylic acids is 1. The van der Waals surface area contributed by atoms with Crippen molar-refractivity contribution in [3.05, 3.63) is 29.3 Å². The molecule has 0 radical (unpaired) electrons. The van der Waals surface area contributed by atoms with Gasteiger partial charge in [0, 0.05) is 19.5 Å². The minimum Gasteiger partial charge on any atom is -0.481 e. The topological polar surface area (TPSA) is 86.7 Å². The molecule has 118 valence electrons. The number of benzene rings is 1. The molecule has 1 aromatic carbocycles. The number of hydrogen-bond donors (Lipinski definition) is 2. The first-order chi connectivity index (χ1) is 10.4. The van der Waals surface area contributed by atoms with Gasteiger partial charge >= 0.3 is 5.97 Å².